The van der Waals surface area contributed by atoms with Crippen LogP contribution in [0.1, 0.15) is 37.9 Å². The first-order valence-electron chi connectivity index (χ1n) is 9.79. The highest BCUT2D eigenvalue weighted by Crippen LogP contribution is 2.42. The molecule has 0 radical (unpaired) electrons. The van der Waals surface area contributed by atoms with E-state index in [4.69, 9.17) is 4.74 Å². The van der Waals surface area contributed by atoms with Gasteiger partial charge in [0, 0.05) is 36.2 Å². The number of nitrogens with zero attached hydrogens (tertiary/aromatic N) is 2. The molecule has 2 amide bonds. The molecule has 6 nitrogen and oxygen atoms in total. The van der Waals surface area contributed by atoms with E-state index >= 15 is 0 Å². The molecule has 2 fully saturated rings. The number of benzene rings is 1. The van der Waals surface area contributed by atoms with Crippen molar-refractivity contribution in [3.05, 3.63) is 35.5 Å². The lowest BCUT2D eigenvalue weighted by Gasteiger charge is -2.51. The molecule has 2 aromatic rings. The van der Waals surface area contributed by atoms with E-state index in [1.807, 2.05) is 26.0 Å². The fourth-order valence-electron chi connectivity index (χ4n) is 5.13. The smallest absolute Gasteiger partial charge is 0.246 e. The van der Waals surface area contributed by atoms with Gasteiger partial charge in [-0.15, -0.1) is 0 Å². The van der Waals surface area contributed by atoms with Crippen LogP contribution < -0.4 is 0 Å². The van der Waals surface area contributed by atoms with Crippen LogP contribution in [-0.2, 0) is 26.3 Å². The van der Waals surface area contributed by atoms with Crippen molar-refractivity contribution >= 4 is 22.7 Å². The first kappa shape index (κ1) is 16.8. The number of aromatic nitrogens is 1. The molecule has 3 aliphatic heterocycles. The number of rotatable bonds is 2. The van der Waals surface area contributed by atoms with Gasteiger partial charge in [-0.2, -0.15) is 0 Å². The second kappa shape index (κ2) is 5.83. The fraction of sp³-hybridized carbons (Fsp3) is 0.524. The Morgan fingerprint density at radius 2 is 2.07 bits per heavy atom. The number of amides is 2. The Hall–Kier alpha value is -2.34. The Bertz CT molecular complexity index is 926. The molecule has 142 valence electrons. The van der Waals surface area contributed by atoms with Crippen LogP contribution in [0, 0.1) is 0 Å². The van der Waals surface area contributed by atoms with Gasteiger partial charge in [0.1, 0.15) is 6.04 Å². The zero-order valence-electron chi connectivity index (χ0n) is 15.8. The lowest BCUT2D eigenvalue weighted by molar-refractivity contribution is -0.165. The van der Waals surface area contributed by atoms with Crippen molar-refractivity contribution in [2.45, 2.75) is 50.8 Å². The van der Waals surface area contributed by atoms with Gasteiger partial charge in [0.2, 0.25) is 11.8 Å². The third kappa shape index (κ3) is 2.42. The summed E-state index contributed by atoms with van der Waals surface area (Å²) in [5.41, 5.74) is 2.73. The van der Waals surface area contributed by atoms with Crippen LogP contribution in [0.2, 0.25) is 0 Å². The van der Waals surface area contributed by atoms with Gasteiger partial charge in [-0.25, -0.2) is 0 Å². The van der Waals surface area contributed by atoms with E-state index in [1.165, 1.54) is 0 Å². The monoisotopic (exact) mass is 367 g/mol. The zero-order chi connectivity index (χ0) is 18.8. The van der Waals surface area contributed by atoms with Gasteiger partial charge in [-0.3, -0.25) is 9.59 Å². The Balaban J connectivity index is 1.54. The first-order valence-corrected chi connectivity index (χ1v) is 9.79. The highest BCUT2D eigenvalue weighted by atomic mass is 16.5. The van der Waals surface area contributed by atoms with Crippen molar-refractivity contribution in [2.75, 3.05) is 19.7 Å². The molecule has 2 saturated heterocycles. The summed E-state index contributed by atoms with van der Waals surface area (Å²) >= 11 is 0. The molecule has 0 saturated carbocycles. The Kier molecular flexibility index (Phi) is 3.63. The summed E-state index contributed by atoms with van der Waals surface area (Å²) in [5.74, 6) is 0.0704. The quantitative estimate of drug-likeness (QED) is 0.885. The van der Waals surface area contributed by atoms with Crippen LogP contribution in [0.4, 0.5) is 0 Å². The van der Waals surface area contributed by atoms with Crippen molar-refractivity contribution in [3.63, 3.8) is 0 Å². The minimum atomic E-state index is -0.542. The summed E-state index contributed by atoms with van der Waals surface area (Å²) in [6.45, 7) is 5.49. The molecule has 3 aliphatic rings. The largest absolute Gasteiger partial charge is 0.376 e. The van der Waals surface area contributed by atoms with Crippen LogP contribution in [0.25, 0.3) is 10.9 Å². The summed E-state index contributed by atoms with van der Waals surface area (Å²) < 4.78 is 5.69. The van der Waals surface area contributed by atoms with E-state index in [0.29, 0.717) is 13.0 Å². The number of para-hydroxylation sites is 1. The third-order valence-electron chi connectivity index (χ3n) is 6.38. The average molecular weight is 367 g/mol. The highest BCUT2D eigenvalue weighted by Gasteiger charge is 2.51. The number of piperazine rings is 1. The van der Waals surface area contributed by atoms with Gasteiger partial charge in [-0.05, 0) is 38.3 Å². The van der Waals surface area contributed by atoms with Crippen LogP contribution in [0.15, 0.2) is 24.3 Å². The van der Waals surface area contributed by atoms with Crippen molar-refractivity contribution in [1.29, 1.82) is 0 Å². The van der Waals surface area contributed by atoms with E-state index in [-0.39, 0.29) is 24.5 Å². The summed E-state index contributed by atoms with van der Waals surface area (Å²) in [5, 5.41) is 1.15. The molecule has 1 aromatic carbocycles. The predicted octanol–water partition coefficient (Wildman–Crippen LogP) is 2.18. The van der Waals surface area contributed by atoms with Crippen molar-refractivity contribution < 1.29 is 14.3 Å². The van der Waals surface area contributed by atoms with Gasteiger partial charge in [0.05, 0.1) is 18.2 Å². The minimum absolute atomic E-state index is 0.0203. The number of aromatic amines is 1. The van der Waals surface area contributed by atoms with Gasteiger partial charge in [-0.1, -0.05) is 18.2 Å². The van der Waals surface area contributed by atoms with Crippen LogP contribution in [0.3, 0.4) is 0 Å². The average Bonchev–Trinajstić information content (AvgIpc) is 3.27. The maximum atomic E-state index is 13.3. The summed E-state index contributed by atoms with van der Waals surface area (Å²) in [4.78, 5) is 33.4. The molecule has 5 rings (SSSR count). The van der Waals surface area contributed by atoms with Gasteiger partial charge < -0.3 is 19.5 Å². The minimum Gasteiger partial charge on any atom is -0.376 e. The Morgan fingerprint density at radius 3 is 2.85 bits per heavy atom. The standard InChI is InChI=1S/C21H25N3O3/c1-21(2)19-15(14-7-3-4-8-16(14)22-19)10-17-20(26)23(12-18(25)24(17)21)11-13-6-5-9-27-13/h3-4,7-8,13,17,22H,5-6,9-12H2,1-2H3. The van der Waals surface area contributed by atoms with Crippen LogP contribution in [0.5, 0.6) is 0 Å². The predicted molar refractivity (Wildman–Crippen MR) is 101 cm³/mol. The Morgan fingerprint density at radius 1 is 1.26 bits per heavy atom. The zero-order valence-corrected chi connectivity index (χ0v) is 15.8. The lowest BCUT2D eigenvalue weighted by atomic mass is 9.82. The molecule has 4 heterocycles. The molecule has 1 aromatic heterocycles. The molecule has 1 N–H and O–H groups in total. The van der Waals surface area contributed by atoms with Crippen molar-refractivity contribution in [2.24, 2.45) is 0 Å². The summed E-state index contributed by atoms with van der Waals surface area (Å²) in [6, 6.07) is 7.73. The molecule has 0 spiro atoms. The molecule has 0 aliphatic carbocycles. The van der Waals surface area contributed by atoms with Crippen molar-refractivity contribution in [1.82, 2.24) is 14.8 Å². The van der Waals surface area contributed by atoms with Crippen LogP contribution in [-0.4, -0.2) is 58.4 Å². The van der Waals surface area contributed by atoms with Gasteiger partial charge in [0.25, 0.3) is 0 Å². The molecule has 27 heavy (non-hydrogen) atoms. The van der Waals surface area contributed by atoms with E-state index < -0.39 is 11.6 Å². The number of ether oxygens (including phenoxy) is 1. The number of H-pyrrole nitrogens is 1. The molecular formula is C21H25N3O3. The maximum absolute atomic E-state index is 13.3. The number of hydrogen-bond donors (Lipinski definition) is 1. The number of hydrogen-bond acceptors (Lipinski definition) is 3. The number of nitrogens with one attached hydrogen (secondary N) is 1. The summed E-state index contributed by atoms with van der Waals surface area (Å²) in [6.07, 6.45) is 2.62. The van der Waals surface area contributed by atoms with E-state index in [1.54, 1.807) is 9.80 Å². The van der Waals surface area contributed by atoms with E-state index in [2.05, 4.69) is 17.1 Å². The number of fused-ring (bicyclic) bond motifs is 4. The van der Waals surface area contributed by atoms with E-state index in [9.17, 15) is 9.59 Å². The molecule has 0 bridgehead atoms. The third-order valence-corrected chi connectivity index (χ3v) is 6.38. The molecular weight excluding hydrogens is 342 g/mol. The fourth-order valence-corrected chi connectivity index (χ4v) is 5.13. The number of carbonyl (C=O) groups excluding carboxylic acids is 2. The lowest BCUT2D eigenvalue weighted by Crippen LogP contribution is -2.67. The maximum Gasteiger partial charge on any atom is 0.246 e. The SMILES string of the molecule is CC1(C)c2[nH]c3ccccc3c2CC2C(=O)N(CC3CCCO3)CC(=O)N21. The Labute approximate surface area is 158 Å². The molecule has 2 atom stereocenters. The van der Waals surface area contributed by atoms with E-state index in [0.717, 1.165) is 41.6 Å². The first-order chi connectivity index (χ1) is 13.0. The van der Waals surface area contributed by atoms with Crippen LogP contribution >= 0.6 is 0 Å². The van der Waals surface area contributed by atoms with Gasteiger partial charge >= 0.3 is 0 Å². The second-order valence-electron chi connectivity index (χ2n) is 8.42. The normalized spacial score (nSPS) is 27.2. The highest BCUT2D eigenvalue weighted by molar-refractivity contribution is 5.97. The van der Waals surface area contributed by atoms with Crippen molar-refractivity contribution in [3.8, 4) is 0 Å². The molecule has 6 heteroatoms. The second-order valence-corrected chi connectivity index (χ2v) is 8.42. The van der Waals surface area contributed by atoms with Gasteiger partial charge in [0.15, 0.2) is 0 Å². The molecule has 2 unspecified atom stereocenters. The topological polar surface area (TPSA) is 65.6 Å². The summed E-state index contributed by atoms with van der Waals surface area (Å²) in [7, 11) is 0. The number of carbonyl (C=O) groups is 2.